The van der Waals surface area contributed by atoms with Gasteiger partial charge in [0.25, 0.3) is 0 Å². The van der Waals surface area contributed by atoms with Crippen LogP contribution in [0.1, 0.15) is 24.5 Å². The van der Waals surface area contributed by atoms with Crippen molar-refractivity contribution in [3.8, 4) is 11.1 Å². The maximum Gasteiger partial charge on any atom is 0.175 e. The molecule has 88 valence electrons. The van der Waals surface area contributed by atoms with Gasteiger partial charge in [0.1, 0.15) is 11.6 Å². The molecule has 3 nitrogen and oxygen atoms in total. The van der Waals surface area contributed by atoms with Gasteiger partial charge in [0.2, 0.25) is 0 Å². The van der Waals surface area contributed by atoms with Crippen molar-refractivity contribution in [3.63, 3.8) is 0 Å². The van der Waals surface area contributed by atoms with E-state index in [0.717, 1.165) is 18.6 Å². The van der Waals surface area contributed by atoms with Crippen molar-refractivity contribution in [2.75, 3.05) is 5.73 Å². The summed E-state index contributed by atoms with van der Waals surface area (Å²) in [7, 11) is 0. The molecule has 0 aliphatic heterocycles. The van der Waals surface area contributed by atoms with Crippen LogP contribution in [0.25, 0.3) is 11.1 Å². The molecule has 1 fully saturated rings. The maximum atomic E-state index is 13.0. The monoisotopic (exact) mass is 252 g/mol. The van der Waals surface area contributed by atoms with Crippen molar-refractivity contribution in [1.29, 1.82) is 0 Å². The molecular weight excluding hydrogens is 243 g/mol. The largest absolute Gasteiger partial charge is 0.380 e. The van der Waals surface area contributed by atoms with E-state index in [-0.39, 0.29) is 5.82 Å². The minimum atomic E-state index is -0.373. The summed E-state index contributed by atoms with van der Waals surface area (Å²) in [5.74, 6) is 1.06. The maximum absolute atomic E-state index is 13.0. The van der Waals surface area contributed by atoms with Gasteiger partial charge in [-0.05, 0) is 31.0 Å². The zero-order valence-electron chi connectivity index (χ0n) is 8.91. The van der Waals surface area contributed by atoms with Crippen molar-refractivity contribution in [1.82, 2.24) is 5.16 Å². The van der Waals surface area contributed by atoms with Gasteiger partial charge in [0, 0.05) is 11.5 Å². The van der Waals surface area contributed by atoms with Gasteiger partial charge in [-0.3, -0.25) is 0 Å². The number of rotatable bonds is 2. The van der Waals surface area contributed by atoms with Crippen molar-refractivity contribution < 1.29 is 8.91 Å². The van der Waals surface area contributed by atoms with E-state index in [9.17, 15) is 4.39 Å². The van der Waals surface area contributed by atoms with Crippen LogP contribution in [0.5, 0.6) is 0 Å². The molecule has 0 saturated heterocycles. The Kier molecular flexibility index (Phi) is 2.33. The third kappa shape index (κ3) is 1.78. The van der Waals surface area contributed by atoms with Crippen LogP contribution >= 0.6 is 11.6 Å². The summed E-state index contributed by atoms with van der Waals surface area (Å²) in [6, 6.07) is 4.22. The fourth-order valence-corrected chi connectivity index (χ4v) is 2.16. The summed E-state index contributed by atoms with van der Waals surface area (Å²) in [6.45, 7) is 0. The lowest BCUT2D eigenvalue weighted by atomic mass is 10.0. The van der Waals surface area contributed by atoms with E-state index in [2.05, 4.69) is 5.16 Å². The highest BCUT2D eigenvalue weighted by molar-refractivity contribution is 6.33. The van der Waals surface area contributed by atoms with Crippen LogP contribution in [0.4, 0.5) is 10.2 Å². The normalized spacial score (nSPS) is 15.2. The van der Waals surface area contributed by atoms with Gasteiger partial charge in [-0.25, -0.2) is 4.39 Å². The standard InChI is InChI=1S/C12H10ClFN2O/c13-9-5-7(14)3-4-8(9)10-11(6-1-2-6)17-16-12(10)15/h3-6H,1-2H2,(H2,15,16). The molecule has 3 rings (SSSR count). The van der Waals surface area contributed by atoms with Crippen LogP contribution in [0.15, 0.2) is 22.7 Å². The molecule has 0 bridgehead atoms. The smallest absolute Gasteiger partial charge is 0.175 e. The number of nitrogens with zero attached hydrogens (tertiary/aromatic N) is 1. The van der Waals surface area contributed by atoms with E-state index in [1.165, 1.54) is 12.1 Å². The van der Waals surface area contributed by atoms with Gasteiger partial charge in [0.15, 0.2) is 5.82 Å². The Balaban J connectivity index is 2.16. The Labute approximate surface area is 102 Å². The number of hydrogen-bond donors (Lipinski definition) is 1. The molecule has 1 aromatic heterocycles. The average molecular weight is 253 g/mol. The van der Waals surface area contributed by atoms with Gasteiger partial charge >= 0.3 is 0 Å². The van der Waals surface area contributed by atoms with Gasteiger partial charge in [-0.2, -0.15) is 0 Å². The second-order valence-electron chi connectivity index (χ2n) is 4.21. The number of anilines is 1. The molecule has 2 aromatic rings. The second kappa shape index (κ2) is 3.74. The first kappa shape index (κ1) is 10.6. The predicted molar refractivity (Wildman–Crippen MR) is 63.3 cm³/mol. The predicted octanol–water partition coefficient (Wildman–Crippen LogP) is 3.59. The molecule has 5 heteroatoms. The van der Waals surface area contributed by atoms with Crippen LogP contribution < -0.4 is 5.73 Å². The van der Waals surface area contributed by atoms with Crippen molar-refractivity contribution in [2.24, 2.45) is 0 Å². The summed E-state index contributed by atoms with van der Waals surface area (Å²) in [4.78, 5) is 0. The Morgan fingerprint density at radius 2 is 2.18 bits per heavy atom. The number of nitrogen functional groups attached to an aromatic ring is 1. The number of hydrogen-bond acceptors (Lipinski definition) is 3. The summed E-state index contributed by atoms with van der Waals surface area (Å²) in [5.41, 5.74) is 7.17. The highest BCUT2D eigenvalue weighted by Crippen LogP contribution is 2.47. The Bertz CT molecular complexity index is 578. The van der Waals surface area contributed by atoms with E-state index in [1.54, 1.807) is 6.07 Å². The summed E-state index contributed by atoms with van der Waals surface area (Å²) >= 11 is 6.03. The highest BCUT2D eigenvalue weighted by Gasteiger charge is 2.32. The van der Waals surface area contributed by atoms with Gasteiger partial charge < -0.3 is 10.3 Å². The molecule has 1 aliphatic rings. The Morgan fingerprint density at radius 1 is 1.41 bits per heavy atom. The molecule has 1 heterocycles. The van der Waals surface area contributed by atoms with Crippen molar-refractivity contribution in [3.05, 3.63) is 34.8 Å². The molecule has 0 spiro atoms. The molecule has 2 N–H and O–H groups in total. The van der Waals surface area contributed by atoms with E-state index in [4.69, 9.17) is 21.9 Å². The van der Waals surface area contributed by atoms with E-state index < -0.39 is 0 Å². The Hall–Kier alpha value is -1.55. The summed E-state index contributed by atoms with van der Waals surface area (Å²) < 4.78 is 18.2. The zero-order chi connectivity index (χ0) is 12.0. The van der Waals surface area contributed by atoms with E-state index in [1.807, 2.05) is 0 Å². The van der Waals surface area contributed by atoms with Crippen LogP contribution in [-0.4, -0.2) is 5.16 Å². The quantitative estimate of drug-likeness (QED) is 0.889. The van der Waals surface area contributed by atoms with Gasteiger partial charge in [-0.15, -0.1) is 0 Å². The first-order chi connectivity index (χ1) is 8.16. The minimum Gasteiger partial charge on any atom is -0.380 e. The molecule has 0 atom stereocenters. The van der Waals surface area contributed by atoms with E-state index >= 15 is 0 Å². The molecule has 0 radical (unpaired) electrons. The second-order valence-corrected chi connectivity index (χ2v) is 4.61. The number of halogens is 2. The van der Waals surface area contributed by atoms with Crippen molar-refractivity contribution >= 4 is 17.4 Å². The number of benzene rings is 1. The molecule has 1 aromatic carbocycles. The van der Waals surface area contributed by atoms with Crippen LogP contribution in [0.3, 0.4) is 0 Å². The highest BCUT2D eigenvalue weighted by atomic mass is 35.5. The van der Waals surface area contributed by atoms with Gasteiger partial charge in [0.05, 0.1) is 10.6 Å². The van der Waals surface area contributed by atoms with Crippen LogP contribution in [0.2, 0.25) is 5.02 Å². The van der Waals surface area contributed by atoms with Gasteiger partial charge in [-0.1, -0.05) is 16.8 Å². The van der Waals surface area contributed by atoms with E-state index in [0.29, 0.717) is 27.9 Å². The first-order valence-corrected chi connectivity index (χ1v) is 5.75. The average Bonchev–Trinajstić information content (AvgIpc) is 3.04. The summed E-state index contributed by atoms with van der Waals surface area (Å²) in [6.07, 6.45) is 2.14. The molecule has 17 heavy (non-hydrogen) atoms. The van der Waals surface area contributed by atoms with Crippen LogP contribution in [0, 0.1) is 5.82 Å². The molecule has 1 saturated carbocycles. The SMILES string of the molecule is Nc1noc(C2CC2)c1-c1ccc(F)cc1Cl. The lowest BCUT2D eigenvalue weighted by Gasteiger charge is -2.04. The number of aromatic nitrogens is 1. The fourth-order valence-electron chi connectivity index (χ4n) is 1.90. The first-order valence-electron chi connectivity index (χ1n) is 5.37. The molecular formula is C12H10ClFN2O. The topological polar surface area (TPSA) is 52.0 Å². The third-order valence-electron chi connectivity index (χ3n) is 2.89. The fraction of sp³-hybridized carbons (Fsp3) is 0.250. The molecule has 0 amide bonds. The molecule has 1 aliphatic carbocycles. The van der Waals surface area contributed by atoms with Crippen LogP contribution in [-0.2, 0) is 0 Å². The summed E-state index contributed by atoms with van der Waals surface area (Å²) in [5, 5.41) is 4.09. The molecule has 0 unspecified atom stereocenters. The third-order valence-corrected chi connectivity index (χ3v) is 3.21. The Morgan fingerprint density at radius 3 is 2.82 bits per heavy atom. The number of nitrogens with two attached hydrogens (primary N) is 1. The lowest BCUT2D eigenvalue weighted by Crippen LogP contribution is -1.91. The minimum absolute atomic E-state index is 0.306. The zero-order valence-corrected chi connectivity index (χ0v) is 9.67. The van der Waals surface area contributed by atoms with Crippen molar-refractivity contribution in [2.45, 2.75) is 18.8 Å². The lowest BCUT2D eigenvalue weighted by molar-refractivity contribution is 0.387.